The quantitative estimate of drug-likeness (QED) is 0.313. The first-order chi connectivity index (χ1) is 14.2. The van der Waals surface area contributed by atoms with E-state index >= 15 is 0 Å². The van der Waals surface area contributed by atoms with Crippen molar-refractivity contribution in [1.82, 2.24) is 0 Å². The van der Waals surface area contributed by atoms with Gasteiger partial charge in [0.15, 0.2) is 0 Å². The number of hydrogen-bond acceptors (Lipinski definition) is 2. The Balaban J connectivity index is 1.47. The number of nitrogens with one attached hydrogen (secondary N) is 1. The number of aryl methyl sites for hydroxylation is 1. The third-order valence-corrected chi connectivity index (χ3v) is 7.66. The van der Waals surface area contributed by atoms with Gasteiger partial charge in [-0.25, -0.2) is 0 Å². The van der Waals surface area contributed by atoms with Gasteiger partial charge in [0.05, 0.1) is 6.04 Å². The largest absolute Gasteiger partial charge is 0.377 e. The highest BCUT2D eigenvalue weighted by Crippen LogP contribution is 2.51. The van der Waals surface area contributed by atoms with Crippen LogP contribution in [-0.2, 0) is 5.75 Å². The van der Waals surface area contributed by atoms with Crippen molar-refractivity contribution >= 4 is 33.4 Å². The average Bonchev–Trinajstić information content (AvgIpc) is 3.23. The van der Waals surface area contributed by atoms with Crippen LogP contribution in [0.25, 0.3) is 0 Å². The number of hydrogen-bond donors (Lipinski definition) is 1. The normalized spacial score (nSPS) is 22.1. The Bertz CT molecular complexity index is 1060. The van der Waals surface area contributed by atoms with Crippen LogP contribution in [0, 0.1) is 12.8 Å². The molecule has 3 aromatic rings. The molecule has 3 heteroatoms. The monoisotopic (exact) mass is 461 g/mol. The van der Waals surface area contributed by atoms with Crippen molar-refractivity contribution in [3.63, 3.8) is 0 Å². The van der Waals surface area contributed by atoms with Crippen molar-refractivity contribution in [3.05, 3.63) is 106 Å². The van der Waals surface area contributed by atoms with Gasteiger partial charge in [0.1, 0.15) is 0 Å². The lowest BCUT2D eigenvalue weighted by atomic mass is 9.76. The molecule has 0 saturated heterocycles. The minimum absolute atomic E-state index is 0.350. The number of rotatable bonds is 4. The van der Waals surface area contributed by atoms with Crippen molar-refractivity contribution in [2.45, 2.75) is 36.0 Å². The summed E-state index contributed by atoms with van der Waals surface area (Å²) in [6, 6.07) is 24.6. The van der Waals surface area contributed by atoms with E-state index in [0.29, 0.717) is 17.9 Å². The Morgan fingerprint density at radius 2 is 1.90 bits per heavy atom. The summed E-state index contributed by atoms with van der Waals surface area (Å²) in [5.74, 6) is 2.08. The summed E-state index contributed by atoms with van der Waals surface area (Å²) in [6.45, 7) is 2.25. The van der Waals surface area contributed by atoms with Gasteiger partial charge < -0.3 is 5.32 Å². The lowest BCUT2D eigenvalue weighted by molar-refractivity contribution is 0.425. The molecule has 0 saturated carbocycles. The highest BCUT2D eigenvalue weighted by atomic mass is 79.9. The minimum Gasteiger partial charge on any atom is -0.377 e. The van der Waals surface area contributed by atoms with Crippen LogP contribution in [0.1, 0.15) is 40.6 Å². The fraction of sp³-hybridized carbons (Fsp3) is 0.231. The van der Waals surface area contributed by atoms with Crippen molar-refractivity contribution in [3.8, 4) is 0 Å². The van der Waals surface area contributed by atoms with Crippen LogP contribution in [0.15, 0.2) is 88.3 Å². The number of benzene rings is 3. The second-order valence-electron chi connectivity index (χ2n) is 8.01. The van der Waals surface area contributed by atoms with Crippen molar-refractivity contribution in [2.75, 3.05) is 5.32 Å². The van der Waals surface area contributed by atoms with Crippen LogP contribution in [0.2, 0.25) is 0 Å². The molecule has 146 valence electrons. The first-order valence-corrected chi connectivity index (χ1v) is 12.0. The Kier molecular flexibility index (Phi) is 5.28. The molecule has 3 atom stereocenters. The van der Waals surface area contributed by atoms with Crippen LogP contribution in [0.5, 0.6) is 0 Å². The van der Waals surface area contributed by atoms with Gasteiger partial charge in [-0.05, 0) is 65.8 Å². The van der Waals surface area contributed by atoms with Gasteiger partial charge in [0.25, 0.3) is 0 Å². The molecule has 0 radical (unpaired) electrons. The van der Waals surface area contributed by atoms with Gasteiger partial charge in [-0.3, -0.25) is 0 Å². The van der Waals surface area contributed by atoms with Gasteiger partial charge in [0, 0.05) is 26.7 Å². The van der Waals surface area contributed by atoms with E-state index in [4.69, 9.17) is 0 Å². The molecule has 1 aliphatic heterocycles. The Morgan fingerprint density at radius 3 is 2.72 bits per heavy atom. The maximum Gasteiger partial charge on any atom is 0.0554 e. The second kappa shape index (κ2) is 8.04. The molecule has 3 aromatic carbocycles. The summed E-state index contributed by atoms with van der Waals surface area (Å²) in [6.07, 6.45) is 5.94. The molecule has 2 aliphatic rings. The van der Waals surface area contributed by atoms with E-state index in [1.807, 2.05) is 11.8 Å². The predicted octanol–water partition coefficient (Wildman–Crippen LogP) is 7.88. The summed E-state index contributed by atoms with van der Waals surface area (Å²) in [5, 5.41) is 3.91. The molecule has 5 rings (SSSR count). The van der Waals surface area contributed by atoms with E-state index < -0.39 is 0 Å². The molecule has 0 spiro atoms. The highest BCUT2D eigenvalue weighted by Gasteiger charge is 2.38. The fourth-order valence-corrected chi connectivity index (χ4v) is 6.03. The van der Waals surface area contributed by atoms with E-state index in [2.05, 4.69) is 107 Å². The number of thioether (sulfide) groups is 1. The number of anilines is 1. The van der Waals surface area contributed by atoms with Crippen LogP contribution in [0.3, 0.4) is 0 Å². The SMILES string of the molecule is Cc1cc(CSc2ccccc2)cc2c1N[C@H](c1cccc(Br)c1)[C@H]1CC=C[C@H]21. The number of fused-ring (bicyclic) bond motifs is 3. The zero-order valence-corrected chi connectivity index (χ0v) is 18.8. The lowest BCUT2D eigenvalue weighted by Crippen LogP contribution is -2.29. The smallest absolute Gasteiger partial charge is 0.0554 e. The first-order valence-electron chi connectivity index (χ1n) is 10.2. The third-order valence-electron chi connectivity index (χ3n) is 6.08. The molecular formula is C26H24BrNS. The Hall–Kier alpha value is -1.97. The standard InChI is InChI=1S/C26H24BrNS/c1-17-13-18(16-29-21-9-3-2-4-10-21)14-24-22-11-6-12-23(22)26(28-25(17)24)19-7-5-8-20(27)15-19/h2-11,13-15,22-23,26,28H,12,16H2,1H3/t22-,23-,26+/m0/s1. The van der Waals surface area contributed by atoms with E-state index in [1.54, 1.807) is 0 Å². The van der Waals surface area contributed by atoms with Crippen LogP contribution in [-0.4, -0.2) is 0 Å². The first kappa shape index (κ1) is 19.0. The molecule has 1 nitrogen and oxygen atoms in total. The maximum atomic E-state index is 3.91. The maximum absolute atomic E-state index is 3.91. The summed E-state index contributed by atoms with van der Waals surface area (Å²) in [5.41, 5.74) is 6.93. The third kappa shape index (κ3) is 3.78. The molecule has 29 heavy (non-hydrogen) atoms. The van der Waals surface area contributed by atoms with Gasteiger partial charge in [0.2, 0.25) is 0 Å². The van der Waals surface area contributed by atoms with Gasteiger partial charge >= 0.3 is 0 Å². The molecule has 0 amide bonds. The molecule has 1 heterocycles. The summed E-state index contributed by atoms with van der Waals surface area (Å²) in [7, 11) is 0. The molecule has 0 fully saturated rings. The highest BCUT2D eigenvalue weighted by molar-refractivity contribution is 9.10. The van der Waals surface area contributed by atoms with Gasteiger partial charge in [-0.1, -0.05) is 70.5 Å². The summed E-state index contributed by atoms with van der Waals surface area (Å²) < 4.78 is 1.15. The number of halogens is 1. The molecule has 0 unspecified atom stereocenters. The second-order valence-corrected chi connectivity index (χ2v) is 9.97. The zero-order valence-electron chi connectivity index (χ0n) is 16.4. The Morgan fingerprint density at radius 1 is 1.03 bits per heavy atom. The molecular weight excluding hydrogens is 438 g/mol. The molecule has 0 aromatic heterocycles. The fourth-order valence-electron chi connectivity index (χ4n) is 4.76. The molecule has 0 bridgehead atoms. The summed E-state index contributed by atoms with van der Waals surface area (Å²) in [4.78, 5) is 1.33. The molecule has 1 aliphatic carbocycles. The van der Waals surface area contributed by atoms with E-state index in [1.165, 1.54) is 32.8 Å². The Labute approximate surface area is 185 Å². The van der Waals surface area contributed by atoms with Crippen molar-refractivity contribution < 1.29 is 0 Å². The van der Waals surface area contributed by atoms with Crippen molar-refractivity contribution in [1.29, 1.82) is 0 Å². The van der Waals surface area contributed by atoms with E-state index in [0.717, 1.165) is 16.6 Å². The average molecular weight is 462 g/mol. The lowest BCUT2D eigenvalue weighted by Gasteiger charge is -2.38. The van der Waals surface area contributed by atoms with Gasteiger partial charge in [-0.2, -0.15) is 0 Å². The zero-order chi connectivity index (χ0) is 19.8. The van der Waals surface area contributed by atoms with E-state index in [-0.39, 0.29) is 0 Å². The minimum atomic E-state index is 0.350. The predicted molar refractivity (Wildman–Crippen MR) is 128 cm³/mol. The topological polar surface area (TPSA) is 12.0 Å². The molecule has 1 N–H and O–H groups in total. The van der Waals surface area contributed by atoms with Gasteiger partial charge in [-0.15, -0.1) is 11.8 Å². The number of allylic oxidation sites excluding steroid dienone is 2. The van der Waals surface area contributed by atoms with Crippen LogP contribution < -0.4 is 5.32 Å². The summed E-state index contributed by atoms with van der Waals surface area (Å²) >= 11 is 5.56. The van der Waals surface area contributed by atoms with E-state index in [9.17, 15) is 0 Å². The van der Waals surface area contributed by atoms with Crippen LogP contribution in [0.4, 0.5) is 5.69 Å². The van der Waals surface area contributed by atoms with Crippen molar-refractivity contribution in [2.24, 2.45) is 5.92 Å². The van der Waals surface area contributed by atoms with Crippen LogP contribution >= 0.6 is 27.7 Å².